The number of nitrogens with one attached hydrogen (secondary N) is 1. The van der Waals surface area contributed by atoms with E-state index in [0.29, 0.717) is 13.3 Å². The van der Waals surface area contributed by atoms with Crippen LogP contribution in [0.5, 0.6) is 0 Å². The number of rotatable bonds is 0. The lowest BCUT2D eigenvalue weighted by atomic mass is 10.1. The molecule has 0 atom stereocenters. The number of anilines is 1. The second kappa shape index (κ2) is 2.72. The normalized spacial score (nSPS) is 15.9. The van der Waals surface area contributed by atoms with Gasteiger partial charge in [-0.3, -0.25) is 0 Å². The molecule has 0 bridgehead atoms. The van der Waals surface area contributed by atoms with Gasteiger partial charge in [0.2, 0.25) is 0 Å². The Balaban J connectivity index is 2.35. The van der Waals surface area contributed by atoms with Crippen LogP contribution < -0.4 is 4.90 Å². The molecular weight excluding hydrogens is 178 g/mol. The van der Waals surface area contributed by atoms with Crippen LogP contribution in [0, 0.1) is 0 Å². The van der Waals surface area contributed by atoms with E-state index in [-0.39, 0.29) is 0 Å². The molecule has 0 aliphatic carbocycles. The number of pyridine rings is 1. The minimum absolute atomic E-state index is 0.650. The summed E-state index contributed by atoms with van der Waals surface area (Å²) in [7, 11) is 2.03. The molecule has 0 spiro atoms. The van der Waals surface area contributed by atoms with E-state index in [1.165, 1.54) is 11.1 Å². The molecule has 14 heavy (non-hydrogen) atoms. The van der Waals surface area contributed by atoms with Gasteiger partial charge in [-0.2, -0.15) is 0 Å². The van der Waals surface area contributed by atoms with Gasteiger partial charge in [-0.05, 0) is 6.07 Å². The van der Waals surface area contributed by atoms with Crippen LogP contribution in [0.25, 0.3) is 11.0 Å². The van der Waals surface area contributed by atoms with E-state index in [1.807, 2.05) is 19.4 Å². The maximum absolute atomic E-state index is 5.41. The van der Waals surface area contributed by atoms with Crippen molar-refractivity contribution in [2.75, 3.05) is 18.7 Å². The Bertz CT molecular complexity index is 477. The van der Waals surface area contributed by atoms with Gasteiger partial charge in [0.1, 0.15) is 12.4 Å². The van der Waals surface area contributed by atoms with Crippen molar-refractivity contribution >= 4 is 16.7 Å². The summed E-state index contributed by atoms with van der Waals surface area (Å²) in [5, 5.41) is 1.17. The van der Waals surface area contributed by atoms with Crippen LogP contribution in [0.3, 0.4) is 0 Å². The lowest BCUT2D eigenvalue weighted by Crippen LogP contribution is -2.26. The molecule has 72 valence electrons. The molecule has 2 aromatic heterocycles. The summed E-state index contributed by atoms with van der Waals surface area (Å²) in [5.41, 5.74) is 3.34. The zero-order valence-corrected chi connectivity index (χ0v) is 7.95. The summed E-state index contributed by atoms with van der Waals surface area (Å²) < 4.78 is 5.41. The Labute approximate surface area is 81.5 Å². The third-order valence-electron chi connectivity index (χ3n) is 2.56. The number of hydrogen-bond donors (Lipinski definition) is 1. The van der Waals surface area contributed by atoms with Crippen LogP contribution in [0.2, 0.25) is 0 Å². The third-order valence-corrected chi connectivity index (χ3v) is 2.56. The summed E-state index contributed by atoms with van der Waals surface area (Å²) in [4.78, 5) is 9.55. The molecule has 0 fully saturated rings. The lowest BCUT2D eigenvalue weighted by Gasteiger charge is -2.27. The minimum Gasteiger partial charge on any atom is -0.356 e. The highest BCUT2D eigenvalue weighted by molar-refractivity contribution is 5.91. The van der Waals surface area contributed by atoms with Crippen molar-refractivity contribution in [3.05, 3.63) is 24.0 Å². The highest BCUT2D eigenvalue weighted by Gasteiger charge is 2.17. The number of hydrogen-bond acceptors (Lipinski definition) is 3. The Hall–Kier alpha value is -1.55. The summed E-state index contributed by atoms with van der Waals surface area (Å²) in [6, 6.07) is 2.06. The number of aromatic nitrogens is 2. The van der Waals surface area contributed by atoms with E-state index < -0.39 is 0 Å². The van der Waals surface area contributed by atoms with Gasteiger partial charge in [0.25, 0.3) is 0 Å². The second-order valence-electron chi connectivity index (χ2n) is 3.55. The fourth-order valence-electron chi connectivity index (χ4n) is 1.95. The largest absolute Gasteiger partial charge is 0.356 e. The summed E-state index contributed by atoms with van der Waals surface area (Å²) in [6.07, 6.45) is 3.80. The average molecular weight is 189 g/mol. The second-order valence-corrected chi connectivity index (χ2v) is 3.55. The van der Waals surface area contributed by atoms with Crippen LogP contribution in [-0.2, 0) is 11.3 Å². The number of ether oxygens (including phenoxy) is 1. The van der Waals surface area contributed by atoms with Gasteiger partial charge in [-0.25, -0.2) is 4.98 Å². The molecule has 3 heterocycles. The Morgan fingerprint density at radius 2 is 2.50 bits per heavy atom. The first kappa shape index (κ1) is 7.82. The smallest absolute Gasteiger partial charge is 0.139 e. The highest BCUT2D eigenvalue weighted by atomic mass is 16.5. The van der Waals surface area contributed by atoms with Gasteiger partial charge in [0.05, 0.1) is 12.3 Å². The van der Waals surface area contributed by atoms with Crippen molar-refractivity contribution in [1.29, 1.82) is 0 Å². The first-order valence-electron chi connectivity index (χ1n) is 4.60. The molecule has 1 N–H and O–H groups in total. The highest BCUT2D eigenvalue weighted by Crippen LogP contribution is 2.31. The van der Waals surface area contributed by atoms with Gasteiger partial charge in [-0.1, -0.05) is 0 Å². The van der Waals surface area contributed by atoms with Crippen LogP contribution in [0.4, 0.5) is 5.69 Å². The topological polar surface area (TPSA) is 41.1 Å². The lowest BCUT2D eigenvalue weighted by molar-refractivity contribution is 0.114. The molecule has 4 heteroatoms. The zero-order chi connectivity index (χ0) is 9.54. The zero-order valence-electron chi connectivity index (χ0n) is 7.95. The van der Waals surface area contributed by atoms with Crippen LogP contribution >= 0.6 is 0 Å². The van der Waals surface area contributed by atoms with Crippen molar-refractivity contribution in [3.63, 3.8) is 0 Å². The number of H-pyrrole nitrogens is 1. The van der Waals surface area contributed by atoms with Crippen molar-refractivity contribution < 1.29 is 4.74 Å². The minimum atomic E-state index is 0.650. The van der Waals surface area contributed by atoms with Crippen molar-refractivity contribution in [3.8, 4) is 0 Å². The standard InChI is InChI=1S/C10H11N3O/c1-13-6-14-5-7-4-12-10-8(9(7)13)2-3-11-10/h2-4H,5-6H2,1H3,(H,11,12). The summed E-state index contributed by atoms with van der Waals surface area (Å²) in [5.74, 6) is 0. The van der Waals surface area contributed by atoms with E-state index >= 15 is 0 Å². The molecule has 0 amide bonds. The monoisotopic (exact) mass is 189 g/mol. The van der Waals surface area contributed by atoms with Crippen LogP contribution in [0.1, 0.15) is 5.56 Å². The van der Waals surface area contributed by atoms with E-state index in [4.69, 9.17) is 4.74 Å². The van der Waals surface area contributed by atoms with Crippen molar-refractivity contribution in [1.82, 2.24) is 9.97 Å². The number of fused-ring (bicyclic) bond motifs is 3. The van der Waals surface area contributed by atoms with E-state index in [9.17, 15) is 0 Å². The Morgan fingerprint density at radius 1 is 1.57 bits per heavy atom. The van der Waals surface area contributed by atoms with E-state index in [1.54, 1.807) is 0 Å². The third kappa shape index (κ3) is 0.943. The molecule has 2 aromatic rings. The molecule has 0 saturated carbocycles. The summed E-state index contributed by atoms with van der Waals surface area (Å²) in [6.45, 7) is 1.31. The van der Waals surface area contributed by atoms with Crippen LogP contribution in [-0.4, -0.2) is 23.7 Å². The summed E-state index contributed by atoms with van der Waals surface area (Å²) >= 11 is 0. The maximum atomic E-state index is 5.41. The molecule has 1 aliphatic rings. The molecular formula is C10H11N3O. The number of aromatic amines is 1. The molecule has 0 radical (unpaired) electrons. The predicted octanol–water partition coefficient (Wildman–Crippen LogP) is 1.49. The van der Waals surface area contributed by atoms with Gasteiger partial charge < -0.3 is 14.6 Å². The fourth-order valence-corrected chi connectivity index (χ4v) is 1.95. The Kier molecular flexibility index (Phi) is 1.52. The molecule has 4 nitrogen and oxygen atoms in total. The first-order valence-corrected chi connectivity index (χ1v) is 4.60. The van der Waals surface area contributed by atoms with Gasteiger partial charge in [0, 0.05) is 30.4 Å². The average Bonchev–Trinajstić information content (AvgIpc) is 2.65. The molecule has 0 aromatic carbocycles. The van der Waals surface area contributed by atoms with Gasteiger partial charge in [0.15, 0.2) is 0 Å². The Morgan fingerprint density at radius 3 is 3.43 bits per heavy atom. The quantitative estimate of drug-likeness (QED) is 0.682. The van der Waals surface area contributed by atoms with Crippen molar-refractivity contribution in [2.45, 2.75) is 6.61 Å². The van der Waals surface area contributed by atoms with Crippen molar-refractivity contribution in [2.24, 2.45) is 0 Å². The SMILES string of the molecule is CN1COCc2cnc3[nH]ccc3c21. The molecule has 0 unspecified atom stereocenters. The first-order chi connectivity index (χ1) is 6.86. The fraction of sp³-hybridized carbons (Fsp3) is 0.300. The van der Waals surface area contributed by atoms with Gasteiger partial charge in [-0.15, -0.1) is 0 Å². The number of nitrogens with zero attached hydrogens (tertiary/aromatic N) is 2. The molecule has 0 saturated heterocycles. The van der Waals surface area contributed by atoms with E-state index in [0.717, 1.165) is 11.2 Å². The van der Waals surface area contributed by atoms with E-state index in [2.05, 4.69) is 20.9 Å². The van der Waals surface area contributed by atoms with Gasteiger partial charge >= 0.3 is 0 Å². The predicted molar refractivity (Wildman–Crippen MR) is 54.2 cm³/mol. The molecule has 3 rings (SSSR count). The molecule has 1 aliphatic heterocycles. The van der Waals surface area contributed by atoms with Crippen LogP contribution in [0.15, 0.2) is 18.5 Å². The maximum Gasteiger partial charge on any atom is 0.139 e.